The molecule has 9 rings (SSSR count). The molecule has 482 valence electrons. The average Bonchev–Trinajstić information content (AvgIpc) is 1.58. The molecule has 92 heavy (non-hydrogen) atoms. The number of carbonyl (C=O) groups is 9. The van der Waals surface area contributed by atoms with Crippen LogP contribution in [0.15, 0.2) is 122 Å². The summed E-state index contributed by atoms with van der Waals surface area (Å²) in [5.74, 6) is -2.99. The molecule has 6 heterocycles. The number of anilines is 5. The summed E-state index contributed by atoms with van der Waals surface area (Å²) in [6, 6.07) is 16.5. The lowest BCUT2D eigenvalue weighted by molar-refractivity contribution is -0.128. The average molecular weight is 1260 g/mol. The number of hydrogen-bond donors (Lipinski definition) is 7. The molecule has 2 aliphatic rings. The molecule has 7 aromatic rings. The Kier molecular flexibility index (Phi) is 20.0. The Balaban J connectivity index is 0.779. The van der Waals surface area contributed by atoms with E-state index in [2.05, 4.69) is 50.0 Å². The number of alkyl carbamates (subject to hydrolysis) is 1. The standard InChI is InChI=1S/C64H71N13O15/c1-11-22-91-63(86)71-54(35(2)3)58(81)65-37(5)56(79)66-40-16-14-38(15-17-40)34-92-64(87)77-46-29-51(50(89-10)28-44(46)60(83)76-30-36(4)24-49(76)62(77)85)90-23-12-13-53(78)69-52-33-74(8)55(70-52)59(82)68-41-26-47(72(6)31-41)57(80)67-42-27-48(73(7)32-42)61(84)75-21-20-39-25-43(88-9)18-19-45(39)75/h11,14-21,25-29,31-33,35,37,49,54,62,85H,1,4,12-13,22-24,30,34H2,2-3,5-10H3,(H,65,81)(H,66,79)(H,67,80)(H,68,82)(H,69,78)(H,71,86)/t37-,49-,54-,62-/m0/s1. The Hall–Kier alpha value is -11.2. The number of ether oxygens (including phenoxy) is 5. The van der Waals surface area contributed by atoms with E-state index in [4.69, 9.17) is 23.7 Å². The Labute approximate surface area is 528 Å². The maximum Gasteiger partial charge on any atom is 0.416 e. The topological polar surface area (TPSA) is 331 Å². The highest BCUT2D eigenvalue weighted by atomic mass is 16.6. The molecule has 0 spiro atoms. The summed E-state index contributed by atoms with van der Waals surface area (Å²) in [6.07, 6.45) is 4.54. The zero-order valence-electron chi connectivity index (χ0n) is 51.9. The van der Waals surface area contributed by atoms with Gasteiger partial charge in [-0.15, -0.1) is 0 Å². The summed E-state index contributed by atoms with van der Waals surface area (Å²) < 4.78 is 33.8. The minimum atomic E-state index is -1.60. The van der Waals surface area contributed by atoms with Crippen molar-refractivity contribution in [2.45, 2.75) is 71.0 Å². The van der Waals surface area contributed by atoms with Crippen LogP contribution in [-0.4, -0.2) is 145 Å². The van der Waals surface area contributed by atoms with Crippen molar-refractivity contribution in [3.63, 3.8) is 0 Å². The molecule has 1 fully saturated rings. The molecule has 28 heteroatoms. The van der Waals surface area contributed by atoms with E-state index < -0.39 is 72.0 Å². The maximum absolute atomic E-state index is 14.2. The summed E-state index contributed by atoms with van der Waals surface area (Å²) in [5, 5.41) is 28.8. The van der Waals surface area contributed by atoms with Crippen molar-refractivity contribution < 1.29 is 71.9 Å². The van der Waals surface area contributed by atoms with Gasteiger partial charge in [-0.1, -0.05) is 50.8 Å². The van der Waals surface area contributed by atoms with Crippen molar-refractivity contribution in [2.24, 2.45) is 27.1 Å². The molecule has 7 N–H and O–H groups in total. The van der Waals surface area contributed by atoms with E-state index in [0.717, 1.165) is 10.3 Å². The number of carbonyl (C=O) groups excluding carboxylic acids is 9. The van der Waals surface area contributed by atoms with E-state index in [9.17, 15) is 48.3 Å². The van der Waals surface area contributed by atoms with Crippen molar-refractivity contribution in [1.29, 1.82) is 0 Å². The molecule has 4 atom stereocenters. The van der Waals surface area contributed by atoms with Crippen molar-refractivity contribution in [3.8, 4) is 17.2 Å². The third-order valence-corrected chi connectivity index (χ3v) is 15.3. The highest BCUT2D eigenvalue weighted by Gasteiger charge is 2.46. The molecule has 0 aliphatic carbocycles. The number of imidazole rings is 1. The van der Waals surface area contributed by atoms with Gasteiger partial charge in [-0.2, -0.15) is 0 Å². The lowest BCUT2D eigenvalue weighted by Crippen LogP contribution is -2.53. The molecule has 0 unspecified atom stereocenters. The van der Waals surface area contributed by atoms with E-state index in [1.807, 2.05) is 12.1 Å². The fraction of sp³-hybridized carbons (Fsp3) is 0.312. The lowest BCUT2D eigenvalue weighted by atomic mass is 10.0. The number of rotatable bonds is 23. The van der Waals surface area contributed by atoms with Crippen LogP contribution in [0.1, 0.15) is 87.6 Å². The van der Waals surface area contributed by atoms with Gasteiger partial charge in [0.2, 0.25) is 23.5 Å². The second-order valence-electron chi connectivity index (χ2n) is 22.3. The fourth-order valence-electron chi connectivity index (χ4n) is 10.5. The highest BCUT2D eigenvalue weighted by Crippen LogP contribution is 2.42. The van der Waals surface area contributed by atoms with Gasteiger partial charge in [0, 0.05) is 76.0 Å². The number of amides is 8. The molecule has 3 aromatic carbocycles. The predicted octanol–water partition coefficient (Wildman–Crippen LogP) is 6.69. The van der Waals surface area contributed by atoms with Crippen LogP contribution in [0, 0.1) is 5.92 Å². The zero-order chi connectivity index (χ0) is 66.2. The number of hydrogen-bond acceptors (Lipinski definition) is 16. The molecule has 8 amide bonds. The highest BCUT2D eigenvalue weighted by molar-refractivity contribution is 6.09. The normalized spacial score (nSPS) is 14.9. The fourth-order valence-corrected chi connectivity index (χ4v) is 10.5. The SMILES string of the molecule is C=CCOC(=O)N[C@H](C(=O)N[C@@H](C)C(=O)Nc1ccc(COC(=O)N2c3cc(OCCCC(=O)Nc4cn(C)c(C(=O)Nc5cc(C(=O)Nc6cc(C(=O)n7ccc8cc(OC)ccc87)n(C)c6)n(C)c5)n4)c(OC)cc3C(=O)N3CC(=C)C[C@H]3[C@@H]2O)cc1)C(C)C. The number of aryl methyl sites for hydroxylation is 3. The quantitative estimate of drug-likeness (QED) is 0.0259. The van der Waals surface area contributed by atoms with E-state index >= 15 is 0 Å². The maximum atomic E-state index is 14.2. The number of nitrogens with zero attached hydrogens (tertiary/aromatic N) is 7. The molecule has 4 aromatic heterocycles. The van der Waals surface area contributed by atoms with Crippen LogP contribution in [0.25, 0.3) is 10.9 Å². The van der Waals surface area contributed by atoms with Gasteiger partial charge in [-0.05, 0) is 85.8 Å². The molecule has 0 radical (unpaired) electrons. The van der Waals surface area contributed by atoms with Gasteiger partial charge in [-0.25, -0.2) is 19.5 Å². The first-order chi connectivity index (χ1) is 43.9. The lowest BCUT2D eigenvalue weighted by Gasteiger charge is -2.31. The molecular formula is C64H71N13O15. The monoisotopic (exact) mass is 1260 g/mol. The third kappa shape index (κ3) is 14.6. The van der Waals surface area contributed by atoms with Crippen molar-refractivity contribution >= 4 is 93.0 Å². The smallest absolute Gasteiger partial charge is 0.416 e. The molecule has 0 bridgehead atoms. The Morgan fingerprint density at radius 3 is 2.16 bits per heavy atom. The van der Waals surface area contributed by atoms with Gasteiger partial charge in [-0.3, -0.25) is 38.1 Å². The number of methoxy groups -OCH3 is 2. The Morgan fingerprint density at radius 1 is 0.761 bits per heavy atom. The number of aliphatic hydroxyl groups excluding tert-OH is 1. The summed E-state index contributed by atoms with van der Waals surface area (Å²) in [6.45, 7) is 12.2. The summed E-state index contributed by atoms with van der Waals surface area (Å²) in [7, 11) is 7.84. The van der Waals surface area contributed by atoms with E-state index in [0.29, 0.717) is 39.5 Å². The van der Waals surface area contributed by atoms with Gasteiger partial charge in [0.05, 0.1) is 55.0 Å². The first-order valence-corrected chi connectivity index (χ1v) is 29.1. The molecule has 1 saturated heterocycles. The second-order valence-corrected chi connectivity index (χ2v) is 22.3. The van der Waals surface area contributed by atoms with E-state index in [1.165, 1.54) is 63.1 Å². The van der Waals surface area contributed by atoms with Crippen LogP contribution in [0.3, 0.4) is 0 Å². The van der Waals surface area contributed by atoms with Crippen LogP contribution in [-0.2, 0) is 51.6 Å². The zero-order valence-corrected chi connectivity index (χ0v) is 51.9. The third-order valence-electron chi connectivity index (χ3n) is 15.3. The molecule has 2 aliphatic heterocycles. The summed E-state index contributed by atoms with van der Waals surface area (Å²) in [4.78, 5) is 127. The molecule has 28 nitrogen and oxygen atoms in total. The second kappa shape index (κ2) is 28.1. The van der Waals surface area contributed by atoms with Gasteiger partial charge >= 0.3 is 12.2 Å². The van der Waals surface area contributed by atoms with Gasteiger partial charge in [0.1, 0.15) is 42.4 Å². The Morgan fingerprint density at radius 2 is 1.47 bits per heavy atom. The first kappa shape index (κ1) is 65.3. The number of benzene rings is 3. The minimum Gasteiger partial charge on any atom is -0.497 e. The number of aromatic nitrogens is 5. The molecule has 0 saturated carbocycles. The minimum absolute atomic E-state index is 0.00773. The summed E-state index contributed by atoms with van der Waals surface area (Å²) in [5.41, 5.74) is 3.35. The van der Waals surface area contributed by atoms with Crippen LogP contribution < -0.4 is 51.0 Å². The van der Waals surface area contributed by atoms with Gasteiger partial charge in [0.15, 0.2) is 23.5 Å². The van der Waals surface area contributed by atoms with Crippen LogP contribution in [0.5, 0.6) is 17.2 Å². The predicted molar refractivity (Wildman–Crippen MR) is 338 cm³/mol. The largest absolute Gasteiger partial charge is 0.497 e. The van der Waals surface area contributed by atoms with Gasteiger partial charge in [0.25, 0.3) is 23.6 Å². The van der Waals surface area contributed by atoms with Gasteiger partial charge < -0.3 is 79.3 Å². The van der Waals surface area contributed by atoms with Crippen molar-refractivity contribution in [3.05, 3.63) is 151 Å². The van der Waals surface area contributed by atoms with Crippen LogP contribution in [0.2, 0.25) is 0 Å². The summed E-state index contributed by atoms with van der Waals surface area (Å²) >= 11 is 0. The Bertz CT molecular complexity index is 4050. The van der Waals surface area contributed by atoms with Crippen molar-refractivity contribution in [1.82, 2.24) is 38.8 Å². The first-order valence-electron chi connectivity index (χ1n) is 29.1. The van der Waals surface area contributed by atoms with Crippen molar-refractivity contribution in [2.75, 3.05) is 60.1 Å². The number of aliphatic hydroxyl groups is 1. The molecular weight excluding hydrogens is 1190 g/mol. The van der Waals surface area contributed by atoms with Crippen LogP contribution >= 0.6 is 0 Å². The van der Waals surface area contributed by atoms with E-state index in [1.54, 1.807) is 108 Å². The number of fused-ring (bicyclic) bond motifs is 3. The van der Waals surface area contributed by atoms with E-state index in [-0.39, 0.29) is 103 Å². The number of nitrogens with one attached hydrogen (secondary N) is 6. The van der Waals surface area contributed by atoms with Crippen LogP contribution in [0.4, 0.5) is 38.2 Å².